The van der Waals surface area contributed by atoms with Gasteiger partial charge >= 0.3 is 0 Å². The summed E-state index contributed by atoms with van der Waals surface area (Å²) in [4.78, 5) is 11.0. The number of benzene rings is 1. The molecule has 4 heteroatoms. The molecule has 0 radical (unpaired) electrons. The van der Waals surface area contributed by atoms with Crippen molar-refractivity contribution in [1.82, 2.24) is 0 Å². The fourth-order valence-corrected chi connectivity index (χ4v) is 1.51. The predicted molar refractivity (Wildman–Crippen MR) is 51.2 cm³/mol. The van der Waals surface area contributed by atoms with Gasteiger partial charge in [0.1, 0.15) is 0 Å². The van der Waals surface area contributed by atoms with Crippen LogP contribution in [0, 0.1) is 6.92 Å². The maximum absolute atomic E-state index is 12.4. The highest BCUT2D eigenvalue weighted by atomic mass is 35.5. The summed E-state index contributed by atoms with van der Waals surface area (Å²) in [5.41, 5.74) is 0.545. The lowest BCUT2D eigenvalue weighted by Crippen LogP contribution is -1.98. The summed E-state index contributed by atoms with van der Waals surface area (Å²) in [5.74, 6) is -0.223. The molecule has 1 aromatic carbocycles. The molecule has 0 aliphatic rings. The number of halogens is 3. The minimum Gasteiger partial charge on any atom is -0.294 e. The zero-order valence-corrected chi connectivity index (χ0v) is 8.53. The van der Waals surface area contributed by atoms with E-state index in [1.807, 2.05) is 0 Å². The standard InChI is InChI=1S/C10H9ClF2O/c1-5-3-8(6(2)14)9(11)4-7(5)10(12)13/h3-4,10H,1-2H3. The summed E-state index contributed by atoms with van der Waals surface area (Å²) >= 11 is 5.69. The highest BCUT2D eigenvalue weighted by molar-refractivity contribution is 6.34. The lowest BCUT2D eigenvalue weighted by Gasteiger charge is -2.08. The number of hydrogen-bond acceptors (Lipinski definition) is 1. The summed E-state index contributed by atoms with van der Waals surface area (Å²) in [6.45, 7) is 2.88. The number of Topliss-reactive ketones (excluding diaryl/α,β-unsaturated/α-hetero) is 1. The highest BCUT2D eigenvalue weighted by Crippen LogP contribution is 2.28. The molecule has 1 aromatic rings. The van der Waals surface area contributed by atoms with Crippen LogP contribution in [0.3, 0.4) is 0 Å². The first-order chi connectivity index (χ1) is 6.43. The fraction of sp³-hybridized carbons (Fsp3) is 0.300. The molecule has 0 N–H and O–H groups in total. The van der Waals surface area contributed by atoms with Gasteiger partial charge in [-0.2, -0.15) is 0 Å². The van der Waals surface area contributed by atoms with Crippen molar-refractivity contribution in [2.75, 3.05) is 0 Å². The summed E-state index contributed by atoms with van der Waals surface area (Å²) < 4.78 is 24.8. The van der Waals surface area contributed by atoms with Crippen LogP contribution in [0.1, 0.15) is 34.8 Å². The Bertz CT molecular complexity index is 375. The van der Waals surface area contributed by atoms with E-state index in [1.165, 1.54) is 19.9 Å². The molecule has 0 aliphatic carbocycles. The Morgan fingerprint density at radius 1 is 1.43 bits per heavy atom. The van der Waals surface area contributed by atoms with Crippen molar-refractivity contribution < 1.29 is 13.6 Å². The maximum Gasteiger partial charge on any atom is 0.264 e. The van der Waals surface area contributed by atoms with Gasteiger partial charge in [-0.3, -0.25) is 4.79 Å². The SMILES string of the molecule is CC(=O)c1cc(C)c(C(F)F)cc1Cl. The predicted octanol–water partition coefficient (Wildman–Crippen LogP) is 3.79. The monoisotopic (exact) mass is 218 g/mol. The second-order valence-corrected chi connectivity index (χ2v) is 3.45. The van der Waals surface area contributed by atoms with Gasteiger partial charge in [0.15, 0.2) is 5.78 Å². The molecular weight excluding hydrogens is 210 g/mol. The van der Waals surface area contributed by atoms with Gasteiger partial charge in [0.05, 0.1) is 5.02 Å². The van der Waals surface area contributed by atoms with Crippen LogP contribution in [0.5, 0.6) is 0 Å². The number of carbonyl (C=O) groups is 1. The Kier molecular flexibility index (Phi) is 3.21. The first-order valence-corrected chi connectivity index (χ1v) is 4.40. The van der Waals surface area contributed by atoms with E-state index >= 15 is 0 Å². The fourth-order valence-electron chi connectivity index (χ4n) is 1.20. The van der Waals surface area contributed by atoms with Crippen LogP contribution in [-0.2, 0) is 0 Å². The third kappa shape index (κ3) is 2.10. The normalized spacial score (nSPS) is 10.7. The molecule has 0 saturated carbocycles. The molecule has 14 heavy (non-hydrogen) atoms. The third-order valence-electron chi connectivity index (χ3n) is 1.97. The number of hydrogen-bond donors (Lipinski definition) is 0. The van der Waals surface area contributed by atoms with Gasteiger partial charge in [0.2, 0.25) is 0 Å². The maximum atomic E-state index is 12.4. The van der Waals surface area contributed by atoms with Crippen molar-refractivity contribution in [3.05, 3.63) is 33.8 Å². The van der Waals surface area contributed by atoms with Crippen LogP contribution in [0.15, 0.2) is 12.1 Å². The van der Waals surface area contributed by atoms with Gasteiger partial charge in [-0.05, 0) is 31.5 Å². The molecule has 1 nitrogen and oxygen atoms in total. The Labute approximate surface area is 85.7 Å². The van der Waals surface area contributed by atoms with Gasteiger partial charge < -0.3 is 0 Å². The number of rotatable bonds is 2. The van der Waals surface area contributed by atoms with Crippen molar-refractivity contribution in [3.8, 4) is 0 Å². The van der Waals surface area contributed by atoms with Gasteiger partial charge in [-0.15, -0.1) is 0 Å². The van der Waals surface area contributed by atoms with Crippen LogP contribution in [0.2, 0.25) is 5.02 Å². The van der Waals surface area contributed by atoms with Crippen molar-refractivity contribution in [1.29, 1.82) is 0 Å². The quantitative estimate of drug-likeness (QED) is 0.691. The Morgan fingerprint density at radius 3 is 2.43 bits per heavy atom. The van der Waals surface area contributed by atoms with Gasteiger partial charge in [0, 0.05) is 11.1 Å². The van der Waals surface area contributed by atoms with Crippen molar-refractivity contribution >= 4 is 17.4 Å². The summed E-state index contributed by atoms with van der Waals surface area (Å²) in [6.07, 6.45) is -2.56. The molecule has 0 aliphatic heterocycles. The highest BCUT2D eigenvalue weighted by Gasteiger charge is 2.15. The molecular formula is C10H9ClF2O. The van der Waals surface area contributed by atoms with Crippen molar-refractivity contribution in [2.24, 2.45) is 0 Å². The van der Waals surface area contributed by atoms with E-state index < -0.39 is 6.43 Å². The summed E-state index contributed by atoms with van der Waals surface area (Å²) in [6, 6.07) is 2.55. The summed E-state index contributed by atoms with van der Waals surface area (Å²) in [5, 5.41) is 0.0819. The third-order valence-corrected chi connectivity index (χ3v) is 2.28. The zero-order chi connectivity index (χ0) is 10.9. The minimum absolute atomic E-state index is 0.0819. The zero-order valence-electron chi connectivity index (χ0n) is 7.77. The van der Waals surface area contributed by atoms with Crippen LogP contribution >= 0.6 is 11.6 Å². The number of alkyl halides is 2. The van der Waals surface area contributed by atoms with Gasteiger partial charge in [-0.1, -0.05) is 11.6 Å². The van der Waals surface area contributed by atoms with Gasteiger partial charge in [-0.25, -0.2) is 8.78 Å². The van der Waals surface area contributed by atoms with Crippen LogP contribution < -0.4 is 0 Å². The average molecular weight is 219 g/mol. The lowest BCUT2D eigenvalue weighted by molar-refractivity contribution is 0.101. The van der Waals surface area contributed by atoms with Gasteiger partial charge in [0.25, 0.3) is 6.43 Å². The van der Waals surface area contributed by atoms with E-state index in [-0.39, 0.29) is 21.9 Å². The van der Waals surface area contributed by atoms with E-state index in [4.69, 9.17) is 11.6 Å². The molecule has 0 fully saturated rings. The second kappa shape index (κ2) is 4.05. The first kappa shape index (κ1) is 11.1. The molecule has 1 rings (SSSR count). The number of aryl methyl sites for hydroxylation is 1. The molecule has 0 saturated heterocycles. The smallest absolute Gasteiger partial charge is 0.264 e. The molecule has 76 valence electrons. The van der Waals surface area contributed by atoms with E-state index in [0.717, 1.165) is 6.07 Å². The molecule has 0 spiro atoms. The second-order valence-electron chi connectivity index (χ2n) is 3.05. The average Bonchev–Trinajstić information content (AvgIpc) is 2.07. The van der Waals surface area contributed by atoms with E-state index in [2.05, 4.69) is 0 Å². The van der Waals surface area contributed by atoms with E-state index in [9.17, 15) is 13.6 Å². The Morgan fingerprint density at radius 2 is 2.00 bits per heavy atom. The van der Waals surface area contributed by atoms with Crippen molar-refractivity contribution in [2.45, 2.75) is 20.3 Å². The van der Waals surface area contributed by atoms with Crippen LogP contribution in [-0.4, -0.2) is 5.78 Å². The summed E-state index contributed by atoms with van der Waals surface area (Å²) in [7, 11) is 0. The lowest BCUT2D eigenvalue weighted by atomic mass is 10.0. The first-order valence-electron chi connectivity index (χ1n) is 4.02. The molecule has 0 bridgehead atoms. The minimum atomic E-state index is -2.56. The van der Waals surface area contributed by atoms with Crippen molar-refractivity contribution in [3.63, 3.8) is 0 Å². The van der Waals surface area contributed by atoms with E-state index in [1.54, 1.807) is 0 Å². The molecule has 0 atom stereocenters. The Hall–Kier alpha value is -0.960. The molecule has 0 unspecified atom stereocenters. The Balaban J connectivity index is 3.31. The molecule has 0 aromatic heterocycles. The molecule has 0 amide bonds. The largest absolute Gasteiger partial charge is 0.294 e. The topological polar surface area (TPSA) is 17.1 Å². The number of carbonyl (C=O) groups excluding carboxylic acids is 1. The van der Waals surface area contributed by atoms with Crippen LogP contribution in [0.25, 0.3) is 0 Å². The molecule has 0 heterocycles. The van der Waals surface area contributed by atoms with Crippen LogP contribution in [0.4, 0.5) is 8.78 Å². The number of ketones is 1. The van der Waals surface area contributed by atoms with E-state index in [0.29, 0.717) is 5.56 Å².